The number of benzene rings is 1. The molecule has 0 fully saturated rings. The second-order valence-electron chi connectivity index (χ2n) is 4.25. The molecule has 0 aliphatic rings. The summed E-state index contributed by atoms with van der Waals surface area (Å²) in [6, 6.07) is 5.86. The van der Waals surface area contributed by atoms with Gasteiger partial charge in [-0.05, 0) is 52.7 Å². The minimum absolute atomic E-state index is 0.506. The molecule has 2 rings (SSSR count). The highest BCUT2D eigenvalue weighted by atomic mass is 79.9. The van der Waals surface area contributed by atoms with Crippen molar-refractivity contribution in [2.45, 2.75) is 12.8 Å². The number of carbonyl (C=O) groups is 1. The second kappa shape index (κ2) is 5.36. The van der Waals surface area contributed by atoms with Crippen molar-refractivity contribution in [3.05, 3.63) is 63.6 Å². The molecule has 0 saturated heterocycles. The molecule has 0 unspecified atom stereocenters. The van der Waals surface area contributed by atoms with Gasteiger partial charge in [0, 0.05) is 10.7 Å². The summed E-state index contributed by atoms with van der Waals surface area (Å²) in [6.07, 6.45) is 1.15. The Morgan fingerprint density at radius 3 is 2.50 bits per heavy atom. The standard InChI is InChI=1S/C14H9BrF3NO/c1-8-2-4-10(11(16)6-8)13(20)14(17,18)12-5-3-9(15)7-19-12/h2-7H,1H3. The maximum Gasteiger partial charge on any atom is 0.351 e. The molecule has 0 amide bonds. The van der Waals surface area contributed by atoms with Crippen LogP contribution in [0.15, 0.2) is 41.0 Å². The molecule has 1 aromatic carbocycles. The van der Waals surface area contributed by atoms with E-state index < -0.39 is 28.8 Å². The van der Waals surface area contributed by atoms with Gasteiger partial charge in [0.15, 0.2) is 0 Å². The van der Waals surface area contributed by atoms with Gasteiger partial charge >= 0.3 is 5.92 Å². The van der Waals surface area contributed by atoms with Crippen LogP contribution in [0.2, 0.25) is 0 Å². The number of nitrogens with zero attached hydrogens (tertiary/aromatic N) is 1. The van der Waals surface area contributed by atoms with E-state index in [1.165, 1.54) is 12.1 Å². The van der Waals surface area contributed by atoms with Gasteiger partial charge < -0.3 is 0 Å². The maximum atomic E-state index is 14.1. The number of hydrogen-bond acceptors (Lipinski definition) is 2. The van der Waals surface area contributed by atoms with Gasteiger partial charge in [-0.2, -0.15) is 8.78 Å². The predicted molar refractivity (Wildman–Crippen MR) is 71.3 cm³/mol. The summed E-state index contributed by atoms with van der Waals surface area (Å²) >= 11 is 3.06. The minimum Gasteiger partial charge on any atom is -0.287 e. The predicted octanol–water partition coefficient (Wildman–Crippen LogP) is 4.27. The first-order valence-electron chi connectivity index (χ1n) is 5.63. The third kappa shape index (κ3) is 2.75. The summed E-state index contributed by atoms with van der Waals surface area (Å²) in [5, 5.41) is 0. The molecule has 0 saturated carbocycles. The SMILES string of the molecule is Cc1ccc(C(=O)C(F)(F)c2ccc(Br)cn2)c(F)c1. The highest BCUT2D eigenvalue weighted by Gasteiger charge is 2.43. The number of aromatic nitrogens is 1. The second-order valence-corrected chi connectivity index (χ2v) is 5.16. The zero-order valence-corrected chi connectivity index (χ0v) is 11.9. The van der Waals surface area contributed by atoms with E-state index in [1.54, 1.807) is 6.92 Å². The van der Waals surface area contributed by atoms with Crippen molar-refractivity contribution in [3.63, 3.8) is 0 Å². The van der Waals surface area contributed by atoms with Gasteiger partial charge in [0.05, 0.1) is 5.56 Å². The fourth-order valence-electron chi connectivity index (χ4n) is 1.65. The van der Waals surface area contributed by atoms with Crippen LogP contribution in [0.1, 0.15) is 21.6 Å². The van der Waals surface area contributed by atoms with Crippen LogP contribution in [-0.2, 0) is 5.92 Å². The average molecular weight is 344 g/mol. The zero-order chi connectivity index (χ0) is 14.9. The number of carbonyl (C=O) groups excluding carboxylic acids is 1. The van der Waals surface area contributed by atoms with Gasteiger partial charge in [0.1, 0.15) is 11.5 Å². The van der Waals surface area contributed by atoms with E-state index in [9.17, 15) is 18.0 Å². The van der Waals surface area contributed by atoms with Crippen molar-refractivity contribution in [1.29, 1.82) is 0 Å². The highest BCUT2D eigenvalue weighted by molar-refractivity contribution is 9.10. The zero-order valence-electron chi connectivity index (χ0n) is 10.3. The third-order valence-corrected chi connectivity index (χ3v) is 3.17. The van der Waals surface area contributed by atoms with Gasteiger partial charge in [-0.3, -0.25) is 9.78 Å². The summed E-state index contributed by atoms with van der Waals surface area (Å²) in [4.78, 5) is 15.3. The Morgan fingerprint density at radius 1 is 1.25 bits per heavy atom. The third-order valence-electron chi connectivity index (χ3n) is 2.70. The van der Waals surface area contributed by atoms with E-state index in [4.69, 9.17) is 0 Å². The first-order chi connectivity index (χ1) is 9.32. The Labute approximate surface area is 121 Å². The number of alkyl halides is 2. The molecule has 20 heavy (non-hydrogen) atoms. The van der Waals surface area contributed by atoms with Crippen LogP contribution in [-0.4, -0.2) is 10.8 Å². The van der Waals surface area contributed by atoms with E-state index >= 15 is 0 Å². The van der Waals surface area contributed by atoms with Gasteiger partial charge in [-0.15, -0.1) is 0 Å². The normalized spacial score (nSPS) is 11.4. The van der Waals surface area contributed by atoms with Crippen LogP contribution >= 0.6 is 15.9 Å². The van der Waals surface area contributed by atoms with Crippen LogP contribution in [0.4, 0.5) is 13.2 Å². The average Bonchev–Trinajstić information content (AvgIpc) is 2.38. The van der Waals surface area contributed by atoms with Crippen molar-refractivity contribution >= 4 is 21.7 Å². The number of rotatable bonds is 3. The molecule has 0 spiro atoms. The fraction of sp³-hybridized carbons (Fsp3) is 0.143. The number of Topliss-reactive ketones (excluding diaryl/α,β-unsaturated/α-hetero) is 1. The van der Waals surface area contributed by atoms with E-state index in [0.717, 1.165) is 24.4 Å². The summed E-state index contributed by atoms with van der Waals surface area (Å²) in [5.74, 6) is -6.45. The lowest BCUT2D eigenvalue weighted by Crippen LogP contribution is -2.28. The first kappa shape index (κ1) is 14.7. The molecule has 104 valence electrons. The first-order valence-corrected chi connectivity index (χ1v) is 6.42. The van der Waals surface area contributed by atoms with Crippen LogP contribution in [0.3, 0.4) is 0 Å². The lowest BCUT2D eigenvalue weighted by atomic mass is 10.0. The lowest BCUT2D eigenvalue weighted by Gasteiger charge is -2.15. The molecule has 1 heterocycles. The molecule has 0 radical (unpaired) electrons. The Morgan fingerprint density at radius 2 is 1.95 bits per heavy atom. The molecular weight excluding hydrogens is 335 g/mol. The summed E-state index contributed by atoms with van der Waals surface area (Å²) < 4.78 is 42.2. The number of hydrogen-bond donors (Lipinski definition) is 0. The van der Waals surface area contributed by atoms with Crippen molar-refractivity contribution < 1.29 is 18.0 Å². The quantitative estimate of drug-likeness (QED) is 0.779. The van der Waals surface area contributed by atoms with E-state index in [-0.39, 0.29) is 0 Å². The molecule has 0 aliphatic carbocycles. The summed E-state index contributed by atoms with van der Waals surface area (Å²) in [5.41, 5.74) is -0.819. The Kier molecular flexibility index (Phi) is 3.94. The van der Waals surface area contributed by atoms with Crippen molar-refractivity contribution in [2.75, 3.05) is 0 Å². The lowest BCUT2D eigenvalue weighted by molar-refractivity contribution is 0.00426. The van der Waals surface area contributed by atoms with Crippen LogP contribution in [0, 0.1) is 12.7 Å². The molecule has 1 aromatic heterocycles. The van der Waals surface area contributed by atoms with E-state index in [2.05, 4.69) is 20.9 Å². The molecule has 0 N–H and O–H groups in total. The molecule has 0 atom stereocenters. The van der Waals surface area contributed by atoms with Gasteiger partial charge in [0.25, 0.3) is 0 Å². The topological polar surface area (TPSA) is 30.0 Å². The molecule has 0 aliphatic heterocycles. The van der Waals surface area contributed by atoms with Crippen molar-refractivity contribution in [1.82, 2.24) is 4.98 Å². The van der Waals surface area contributed by atoms with Crippen LogP contribution < -0.4 is 0 Å². The van der Waals surface area contributed by atoms with Crippen molar-refractivity contribution in [3.8, 4) is 0 Å². The Hall–Kier alpha value is -1.69. The maximum absolute atomic E-state index is 14.1. The molecule has 0 bridgehead atoms. The highest BCUT2D eigenvalue weighted by Crippen LogP contribution is 2.32. The Bertz CT molecular complexity index is 656. The van der Waals surface area contributed by atoms with Gasteiger partial charge in [-0.25, -0.2) is 4.39 Å². The fourth-order valence-corrected chi connectivity index (χ4v) is 1.89. The Balaban J connectivity index is 2.42. The number of pyridine rings is 1. The smallest absolute Gasteiger partial charge is 0.287 e. The minimum atomic E-state index is -3.88. The van der Waals surface area contributed by atoms with E-state index in [1.807, 2.05) is 0 Å². The largest absolute Gasteiger partial charge is 0.351 e. The molecule has 2 aromatic rings. The number of ketones is 1. The van der Waals surface area contributed by atoms with Crippen LogP contribution in [0.5, 0.6) is 0 Å². The monoisotopic (exact) mass is 343 g/mol. The molecule has 2 nitrogen and oxygen atoms in total. The summed E-state index contributed by atoms with van der Waals surface area (Å²) in [7, 11) is 0. The number of halogens is 4. The van der Waals surface area contributed by atoms with Crippen LogP contribution in [0.25, 0.3) is 0 Å². The van der Waals surface area contributed by atoms with E-state index in [0.29, 0.717) is 10.0 Å². The number of aryl methyl sites for hydroxylation is 1. The van der Waals surface area contributed by atoms with Gasteiger partial charge in [-0.1, -0.05) is 6.07 Å². The summed E-state index contributed by atoms with van der Waals surface area (Å²) in [6.45, 7) is 1.60. The molecule has 6 heteroatoms. The van der Waals surface area contributed by atoms with Gasteiger partial charge in [0.2, 0.25) is 5.78 Å². The van der Waals surface area contributed by atoms with Crippen molar-refractivity contribution in [2.24, 2.45) is 0 Å². The molecular formula is C14H9BrF3NO.